The lowest BCUT2D eigenvalue weighted by Gasteiger charge is -2.48. The van der Waals surface area contributed by atoms with Crippen molar-refractivity contribution in [2.75, 3.05) is 0 Å². The third-order valence-electron chi connectivity index (χ3n) is 5.01. The topological polar surface area (TPSA) is 70.5 Å². The van der Waals surface area contributed by atoms with Crippen molar-refractivity contribution in [1.29, 1.82) is 0 Å². The molecular weight excluding hydrogens is 304 g/mol. The molecule has 2 aromatic rings. The number of rotatable bonds is 4. The number of amides is 1. The van der Waals surface area contributed by atoms with Crippen LogP contribution in [0.4, 0.5) is 0 Å². The molecule has 1 aromatic carbocycles. The molecule has 0 bridgehead atoms. The molecule has 24 heavy (non-hydrogen) atoms. The SMILES string of the molecule is CCC1(C)C(C(=O)O)c2ccccc2C(=O)N1Cc1cccnc1. The average Bonchev–Trinajstić information content (AvgIpc) is 2.59. The Kier molecular flexibility index (Phi) is 4.09. The van der Waals surface area contributed by atoms with Crippen molar-refractivity contribution in [3.05, 3.63) is 65.5 Å². The van der Waals surface area contributed by atoms with Crippen LogP contribution in [0.2, 0.25) is 0 Å². The standard InChI is InChI=1S/C19H20N2O3/c1-3-19(2)16(18(23)24)14-8-4-5-9-15(14)17(22)21(19)12-13-7-6-10-20-11-13/h4-11,16H,3,12H2,1-2H3,(H,23,24). The fraction of sp³-hybridized carbons (Fsp3) is 0.316. The summed E-state index contributed by atoms with van der Waals surface area (Å²) in [5.74, 6) is -1.79. The molecule has 2 atom stereocenters. The van der Waals surface area contributed by atoms with Crippen molar-refractivity contribution in [3.63, 3.8) is 0 Å². The van der Waals surface area contributed by atoms with Crippen LogP contribution in [0.1, 0.15) is 47.7 Å². The number of benzene rings is 1. The molecule has 1 amide bonds. The van der Waals surface area contributed by atoms with Crippen molar-refractivity contribution in [2.24, 2.45) is 0 Å². The van der Waals surface area contributed by atoms with Crippen LogP contribution in [-0.2, 0) is 11.3 Å². The Hall–Kier alpha value is -2.69. The number of carbonyl (C=O) groups excluding carboxylic acids is 1. The molecule has 1 aromatic heterocycles. The van der Waals surface area contributed by atoms with Gasteiger partial charge in [0.25, 0.3) is 5.91 Å². The van der Waals surface area contributed by atoms with Crippen molar-refractivity contribution in [2.45, 2.75) is 38.3 Å². The van der Waals surface area contributed by atoms with Gasteiger partial charge in [-0.3, -0.25) is 14.6 Å². The van der Waals surface area contributed by atoms with Gasteiger partial charge in [0.05, 0.1) is 5.54 Å². The van der Waals surface area contributed by atoms with Gasteiger partial charge in [-0.15, -0.1) is 0 Å². The van der Waals surface area contributed by atoms with E-state index in [9.17, 15) is 14.7 Å². The molecule has 0 spiro atoms. The van der Waals surface area contributed by atoms with Crippen LogP contribution < -0.4 is 0 Å². The number of aliphatic carboxylic acids is 1. The number of hydrogen-bond donors (Lipinski definition) is 1. The van der Waals surface area contributed by atoms with Crippen molar-refractivity contribution < 1.29 is 14.7 Å². The summed E-state index contributed by atoms with van der Waals surface area (Å²) < 4.78 is 0. The van der Waals surface area contributed by atoms with Gasteiger partial charge in [-0.05, 0) is 36.6 Å². The lowest BCUT2D eigenvalue weighted by molar-refractivity contribution is -0.143. The highest BCUT2D eigenvalue weighted by atomic mass is 16.4. The van der Waals surface area contributed by atoms with Gasteiger partial charge in [0, 0.05) is 24.5 Å². The molecule has 1 N–H and O–H groups in total. The van der Waals surface area contributed by atoms with E-state index in [2.05, 4.69) is 4.98 Å². The van der Waals surface area contributed by atoms with Crippen molar-refractivity contribution >= 4 is 11.9 Å². The molecule has 1 aliphatic rings. The number of nitrogens with zero attached hydrogens (tertiary/aromatic N) is 2. The minimum atomic E-state index is -0.907. The van der Waals surface area contributed by atoms with Crippen LogP contribution in [0, 0.1) is 0 Å². The quantitative estimate of drug-likeness (QED) is 0.938. The maximum Gasteiger partial charge on any atom is 0.313 e. The zero-order valence-electron chi connectivity index (χ0n) is 13.8. The van der Waals surface area contributed by atoms with Gasteiger partial charge in [0.2, 0.25) is 0 Å². The highest BCUT2D eigenvalue weighted by molar-refractivity contribution is 6.00. The molecule has 5 heteroatoms. The van der Waals surface area contributed by atoms with E-state index < -0.39 is 17.4 Å². The van der Waals surface area contributed by atoms with Crippen LogP contribution in [0.15, 0.2) is 48.8 Å². The van der Waals surface area contributed by atoms with E-state index in [1.54, 1.807) is 41.6 Å². The van der Waals surface area contributed by atoms with E-state index in [1.807, 2.05) is 26.0 Å². The second-order valence-electron chi connectivity index (χ2n) is 6.32. The molecule has 0 aliphatic carbocycles. The molecule has 2 heterocycles. The van der Waals surface area contributed by atoms with E-state index in [0.29, 0.717) is 24.1 Å². The first-order valence-corrected chi connectivity index (χ1v) is 8.01. The fourth-order valence-electron chi connectivity index (χ4n) is 3.53. The highest BCUT2D eigenvalue weighted by Gasteiger charge is 2.50. The predicted octanol–water partition coefficient (Wildman–Crippen LogP) is 3.07. The number of hydrogen-bond acceptors (Lipinski definition) is 3. The Bertz CT molecular complexity index is 775. The molecule has 0 saturated carbocycles. The van der Waals surface area contributed by atoms with Gasteiger partial charge in [0.1, 0.15) is 5.92 Å². The van der Waals surface area contributed by atoms with E-state index in [0.717, 1.165) is 5.56 Å². The summed E-state index contributed by atoms with van der Waals surface area (Å²) in [5.41, 5.74) is 1.16. The fourth-order valence-corrected chi connectivity index (χ4v) is 3.53. The molecule has 5 nitrogen and oxygen atoms in total. The van der Waals surface area contributed by atoms with Crippen LogP contribution in [-0.4, -0.2) is 32.4 Å². The first kappa shape index (κ1) is 16.2. The average molecular weight is 324 g/mol. The van der Waals surface area contributed by atoms with Crippen molar-refractivity contribution in [1.82, 2.24) is 9.88 Å². The van der Waals surface area contributed by atoms with Gasteiger partial charge in [-0.2, -0.15) is 0 Å². The van der Waals surface area contributed by atoms with Gasteiger partial charge in [-0.1, -0.05) is 31.2 Å². The summed E-state index contributed by atoms with van der Waals surface area (Å²) in [6, 6.07) is 10.7. The van der Waals surface area contributed by atoms with Gasteiger partial charge in [-0.25, -0.2) is 0 Å². The number of fused-ring (bicyclic) bond motifs is 1. The maximum absolute atomic E-state index is 13.1. The van der Waals surface area contributed by atoms with E-state index in [-0.39, 0.29) is 5.91 Å². The number of carboxylic acids is 1. The van der Waals surface area contributed by atoms with Gasteiger partial charge in [0.15, 0.2) is 0 Å². The Morgan fingerprint density at radius 2 is 2.04 bits per heavy atom. The molecule has 1 aliphatic heterocycles. The van der Waals surface area contributed by atoms with Gasteiger partial charge >= 0.3 is 5.97 Å². The summed E-state index contributed by atoms with van der Waals surface area (Å²) in [4.78, 5) is 30.9. The molecule has 3 rings (SSSR count). The lowest BCUT2D eigenvalue weighted by atomic mass is 9.72. The summed E-state index contributed by atoms with van der Waals surface area (Å²) in [5, 5.41) is 9.87. The largest absolute Gasteiger partial charge is 0.481 e. The van der Waals surface area contributed by atoms with Crippen molar-refractivity contribution in [3.8, 4) is 0 Å². The number of carbonyl (C=O) groups is 2. The minimum Gasteiger partial charge on any atom is -0.481 e. The summed E-state index contributed by atoms with van der Waals surface area (Å²) >= 11 is 0. The zero-order chi connectivity index (χ0) is 17.3. The van der Waals surface area contributed by atoms with E-state index in [4.69, 9.17) is 0 Å². The van der Waals surface area contributed by atoms with Crippen LogP contribution in [0.3, 0.4) is 0 Å². The number of pyridine rings is 1. The monoisotopic (exact) mass is 324 g/mol. The molecule has 0 saturated heterocycles. The van der Waals surface area contributed by atoms with E-state index in [1.165, 1.54) is 0 Å². The Labute approximate surface area is 140 Å². The molecular formula is C19H20N2O3. The van der Waals surface area contributed by atoms with Crippen LogP contribution >= 0.6 is 0 Å². The summed E-state index contributed by atoms with van der Waals surface area (Å²) in [6.45, 7) is 4.12. The molecule has 2 unspecified atom stereocenters. The Morgan fingerprint density at radius 3 is 2.67 bits per heavy atom. The second-order valence-corrected chi connectivity index (χ2v) is 6.32. The van der Waals surface area contributed by atoms with Crippen LogP contribution in [0.5, 0.6) is 0 Å². The molecule has 0 radical (unpaired) electrons. The summed E-state index contributed by atoms with van der Waals surface area (Å²) in [6.07, 6.45) is 3.93. The molecule has 124 valence electrons. The van der Waals surface area contributed by atoms with E-state index >= 15 is 0 Å². The van der Waals surface area contributed by atoms with Crippen LogP contribution in [0.25, 0.3) is 0 Å². The predicted molar refractivity (Wildman–Crippen MR) is 89.6 cm³/mol. The van der Waals surface area contributed by atoms with Gasteiger partial charge < -0.3 is 10.0 Å². The third-order valence-corrected chi connectivity index (χ3v) is 5.01. The maximum atomic E-state index is 13.1. The summed E-state index contributed by atoms with van der Waals surface area (Å²) in [7, 11) is 0. The second kappa shape index (κ2) is 6.07. The first-order chi connectivity index (χ1) is 11.5. The Balaban J connectivity index is 2.14. The number of carboxylic acid groups (broad SMARTS) is 1. The number of aromatic nitrogens is 1. The Morgan fingerprint density at radius 1 is 1.29 bits per heavy atom. The normalized spacial score (nSPS) is 23.0. The molecule has 0 fully saturated rings. The lowest BCUT2D eigenvalue weighted by Crippen LogP contribution is -2.58. The first-order valence-electron chi connectivity index (χ1n) is 8.01. The zero-order valence-corrected chi connectivity index (χ0v) is 13.8. The smallest absolute Gasteiger partial charge is 0.313 e. The third kappa shape index (κ3) is 2.46. The minimum absolute atomic E-state index is 0.128. The highest BCUT2D eigenvalue weighted by Crippen LogP contribution is 2.43.